The van der Waals surface area contributed by atoms with E-state index >= 15 is 0 Å². The standard InChI is InChI=1S/C16H16N3/c1-2-5-14(6-3-1)18-19-15-10-8-13(9-11-15)16-7-4-12-17-16/h1-3,5-6,8-11,16H,4,7,12H2/b19-18+. The summed E-state index contributed by atoms with van der Waals surface area (Å²) in [5, 5.41) is 13.0. The molecule has 1 heterocycles. The lowest BCUT2D eigenvalue weighted by Gasteiger charge is -2.08. The van der Waals surface area contributed by atoms with E-state index in [0.717, 1.165) is 17.9 Å². The second-order valence-electron chi connectivity index (χ2n) is 4.69. The van der Waals surface area contributed by atoms with Crippen molar-refractivity contribution in [1.29, 1.82) is 0 Å². The lowest BCUT2D eigenvalue weighted by atomic mass is 10.1. The lowest BCUT2D eigenvalue weighted by molar-refractivity contribution is 0.635. The second kappa shape index (κ2) is 5.76. The van der Waals surface area contributed by atoms with Crippen molar-refractivity contribution in [3.05, 3.63) is 60.2 Å². The maximum absolute atomic E-state index is 4.58. The van der Waals surface area contributed by atoms with Crippen molar-refractivity contribution in [3.63, 3.8) is 0 Å². The molecule has 2 aromatic rings. The molecule has 3 heteroatoms. The van der Waals surface area contributed by atoms with Crippen LogP contribution in [0.2, 0.25) is 0 Å². The Morgan fingerprint density at radius 3 is 2.16 bits per heavy atom. The summed E-state index contributed by atoms with van der Waals surface area (Å²) in [6.07, 6.45) is 2.38. The highest BCUT2D eigenvalue weighted by Crippen LogP contribution is 2.26. The Morgan fingerprint density at radius 1 is 0.842 bits per heavy atom. The smallest absolute Gasteiger partial charge is 0.0857 e. The van der Waals surface area contributed by atoms with Gasteiger partial charge in [0.2, 0.25) is 0 Å². The van der Waals surface area contributed by atoms with Gasteiger partial charge in [0.05, 0.1) is 11.4 Å². The fourth-order valence-electron chi connectivity index (χ4n) is 2.27. The molecule has 1 aliphatic rings. The van der Waals surface area contributed by atoms with E-state index in [9.17, 15) is 0 Å². The first-order valence-electron chi connectivity index (χ1n) is 6.65. The van der Waals surface area contributed by atoms with Crippen LogP contribution in [-0.2, 0) is 0 Å². The molecule has 1 unspecified atom stereocenters. The average molecular weight is 250 g/mol. The number of azo groups is 1. The molecule has 3 nitrogen and oxygen atoms in total. The van der Waals surface area contributed by atoms with Gasteiger partial charge in [0.25, 0.3) is 0 Å². The predicted molar refractivity (Wildman–Crippen MR) is 76.0 cm³/mol. The van der Waals surface area contributed by atoms with Gasteiger partial charge in [0.1, 0.15) is 0 Å². The monoisotopic (exact) mass is 250 g/mol. The van der Waals surface area contributed by atoms with Crippen LogP contribution < -0.4 is 5.32 Å². The van der Waals surface area contributed by atoms with E-state index in [4.69, 9.17) is 0 Å². The first-order chi connectivity index (χ1) is 9.42. The first-order valence-corrected chi connectivity index (χ1v) is 6.65. The maximum atomic E-state index is 4.58. The van der Waals surface area contributed by atoms with Crippen molar-refractivity contribution in [2.75, 3.05) is 6.54 Å². The predicted octanol–water partition coefficient (Wildman–Crippen LogP) is 4.54. The third-order valence-corrected chi connectivity index (χ3v) is 3.30. The molecule has 0 N–H and O–H groups in total. The van der Waals surface area contributed by atoms with E-state index in [1.165, 1.54) is 18.4 Å². The van der Waals surface area contributed by atoms with Gasteiger partial charge in [-0.05, 0) is 42.7 Å². The van der Waals surface area contributed by atoms with Gasteiger partial charge in [-0.3, -0.25) is 0 Å². The van der Waals surface area contributed by atoms with Crippen molar-refractivity contribution in [2.45, 2.75) is 18.9 Å². The van der Waals surface area contributed by atoms with Crippen LogP contribution in [0.5, 0.6) is 0 Å². The summed E-state index contributed by atoms with van der Waals surface area (Å²) in [6.45, 7) is 1.00. The number of rotatable bonds is 3. The molecule has 1 aliphatic heterocycles. The average Bonchev–Trinajstić information content (AvgIpc) is 3.01. The van der Waals surface area contributed by atoms with Gasteiger partial charge in [-0.25, -0.2) is 5.32 Å². The molecule has 0 saturated carbocycles. The Labute approximate surface area is 113 Å². The van der Waals surface area contributed by atoms with Crippen LogP contribution in [0.25, 0.3) is 0 Å². The largest absolute Gasteiger partial charge is 0.234 e. The summed E-state index contributed by atoms with van der Waals surface area (Å²) in [7, 11) is 0. The fraction of sp³-hybridized carbons (Fsp3) is 0.250. The molecule has 0 aromatic heterocycles. The highest BCUT2D eigenvalue weighted by molar-refractivity contribution is 5.41. The quantitative estimate of drug-likeness (QED) is 0.717. The highest BCUT2D eigenvalue weighted by Gasteiger charge is 2.16. The zero-order chi connectivity index (χ0) is 12.9. The van der Waals surface area contributed by atoms with Crippen molar-refractivity contribution in [1.82, 2.24) is 5.32 Å². The molecule has 0 bridgehead atoms. The summed E-state index contributed by atoms with van der Waals surface area (Å²) in [6, 6.07) is 18.4. The molecule has 19 heavy (non-hydrogen) atoms. The van der Waals surface area contributed by atoms with Crippen LogP contribution in [0.4, 0.5) is 11.4 Å². The molecule has 1 fully saturated rings. The summed E-state index contributed by atoms with van der Waals surface area (Å²) in [5.41, 5.74) is 3.04. The lowest BCUT2D eigenvalue weighted by Crippen LogP contribution is -2.04. The maximum Gasteiger partial charge on any atom is 0.0857 e. The summed E-state index contributed by atoms with van der Waals surface area (Å²) < 4.78 is 0. The minimum Gasteiger partial charge on any atom is -0.234 e. The second-order valence-corrected chi connectivity index (χ2v) is 4.69. The van der Waals surface area contributed by atoms with Crippen molar-refractivity contribution >= 4 is 11.4 Å². The van der Waals surface area contributed by atoms with E-state index in [1.807, 2.05) is 42.5 Å². The zero-order valence-corrected chi connectivity index (χ0v) is 10.7. The Bertz CT molecular complexity index is 540. The highest BCUT2D eigenvalue weighted by atomic mass is 15.1. The molecule has 0 aliphatic carbocycles. The first kappa shape index (κ1) is 12.1. The molecular formula is C16H16N3. The van der Waals surface area contributed by atoms with Crippen LogP contribution in [0.15, 0.2) is 64.8 Å². The van der Waals surface area contributed by atoms with Gasteiger partial charge in [-0.15, -0.1) is 0 Å². The zero-order valence-electron chi connectivity index (χ0n) is 10.7. The summed E-state index contributed by atoms with van der Waals surface area (Å²) in [4.78, 5) is 0. The molecule has 95 valence electrons. The van der Waals surface area contributed by atoms with E-state index in [-0.39, 0.29) is 0 Å². The summed E-state index contributed by atoms with van der Waals surface area (Å²) in [5.74, 6) is 0. The number of hydrogen-bond donors (Lipinski definition) is 0. The van der Waals surface area contributed by atoms with Crippen molar-refractivity contribution < 1.29 is 0 Å². The van der Waals surface area contributed by atoms with Gasteiger partial charge in [0, 0.05) is 12.6 Å². The normalized spacial score (nSPS) is 19.1. The molecular weight excluding hydrogens is 234 g/mol. The fourth-order valence-corrected chi connectivity index (χ4v) is 2.27. The van der Waals surface area contributed by atoms with Crippen molar-refractivity contribution in [3.8, 4) is 0 Å². The van der Waals surface area contributed by atoms with Crippen molar-refractivity contribution in [2.24, 2.45) is 10.2 Å². The van der Waals surface area contributed by atoms with Crippen LogP contribution in [0.3, 0.4) is 0 Å². The van der Waals surface area contributed by atoms with E-state index in [0.29, 0.717) is 6.04 Å². The van der Waals surface area contributed by atoms with Crippen LogP contribution in [0, 0.1) is 0 Å². The van der Waals surface area contributed by atoms with Crippen LogP contribution >= 0.6 is 0 Å². The molecule has 3 rings (SSSR count). The van der Waals surface area contributed by atoms with Gasteiger partial charge >= 0.3 is 0 Å². The van der Waals surface area contributed by atoms with Crippen LogP contribution in [-0.4, -0.2) is 6.54 Å². The SMILES string of the molecule is c1ccc(/N=N/c2ccc(C3CCC[N]3)cc2)cc1. The number of nitrogens with zero attached hydrogens (tertiary/aromatic N) is 3. The van der Waals surface area contributed by atoms with E-state index in [1.54, 1.807) is 0 Å². The third-order valence-electron chi connectivity index (χ3n) is 3.30. The Hall–Kier alpha value is -2.00. The van der Waals surface area contributed by atoms with E-state index < -0.39 is 0 Å². The minimum atomic E-state index is 0.389. The van der Waals surface area contributed by atoms with Crippen LogP contribution in [0.1, 0.15) is 24.4 Å². The molecule has 1 radical (unpaired) electrons. The van der Waals surface area contributed by atoms with E-state index in [2.05, 4.69) is 27.7 Å². The minimum absolute atomic E-state index is 0.389. The number of benzene rings is 2. The summed E-state index contributed by atoms with van der Waals surface area (Å²) >= 11 is 0. The van der Waals surface area contributed by atoms with Gasteiger partial charge in [-0.1, -0.05) is 30.3 Å². The Morgan fingerprint density at radius 2 is 1.53 bits per heavy atom. The van der Waals surface area contributed by atoms with Gasteiger partial charge in [-0.2, -0.15) is 10.2 Å². The molecule has 1 atom stereocenters. The topological polar surface area (TPSA) is 38.8 Å². The van der Waals surface area contributed by atoms with Gasteiger partial charge < -0.3 is 0 Å². The Balaban J connectivity index is 1.70. The molecule has 0 spiro atoms. The third kappa shape index (κ3) is 3.06. The molecule has 2 aromatic carbocycles. The molecule has 0 amide bonds. The Kier molecular flexibility index (Phi) is 3.65. The van der Waals surface area contributed by atoms with Gasteiger partial charge in [0.15, 0.2) is 0 Å². The molecule has 1 saturated heterocycles. The number of hydrogen-bond acceptors (Lipinski definition) is 2.